The van der Waals surface area contributed by atoms with Crippen LogP contribution < -0.4 is 10.5 Å². The predicted molar refractivity (Wildman–Crippen MR) is 63.3 cm³/mol. The normalized spacial score (nSPS) is 10.3. The van der Waals surface area contributed by atoms with E-state index in [1.165, 1.54) is 12.1 Å². The molecule has 88 valence electrons. The summed E-state index contributed by atoms with van der Waals surface area (Å²) in [6.45, 7) is 2.19. The SMILES string of the molecule is Cc1cc(Oc2cccc(F)c2)c(CN)cn1. The maximum absolute atomic E-state index is 13.0. The van der Waals surface area contributed by atoms with Crippen molar-refractivity contribution < 1.29 is 9.13 Å². The van der Waals surface area contributed by atoms with Crippen molar-refractivity contribution in [3.63, 3.8) is 0 Å². The minimum atomic E-state index is -0.331. The molecule has 2 rings (SSSR count). The van der Waals surface area contributed by atoms with Crippen LogP contribution in [0.2, 0.25) is 0 Å². The molecule has 0 radical (unpaired) electrons. The monoisotopic (exact) mass is 232 g/mol. The first-order chi connectivity index (χ1) is 8.19. The highest BCUT2D eigenvalue weighted by atomic mass is 19.1. The van der Waals surface area contributed by atoms with E-state index in [0.29, 0.717) is 18.0 Å². The van der Waals surface area contributed by atoms with E-state index in [4.69, 9.17) is 10.5 Å². The fourth-order valence-corrected chi connectivity index (χ4v) is 1.47. The molecular weight excluding hydrogens is 219 g/mol. The third-order valence-corrected chi connectivity index (χ3v) is 2.32. The number of hydrogen-bond donors (Lipinski definition) is 1. The summed E-state index contributed by atoms with van der Waals surface area (Å²) in [5.41, 5.74) is 7.21. The van der Waals surface area contributed by atoms with Crippen LogP contribution in [0.5, 0.6) is 11.5 Å². The second-order valence-corrected chi connectivity index (χ2v) is 3.70. The van der Waals surface area contributed by atoms with Crippen LogP contribution in [0.15, 0.2) is 36.5 Å². The molecule has 0 atom stereocenters. The van der Waals surface area contributed by atoms with Gasteiger partial charge in [0.1, 0.15) is 17.3 Å². The van der Waals surface area contributed by atoms with Gasteiger partial charge in [0.25, 0.3) is 0 Å². The number of ether oxygens (including phenoxy) is 1. The summed E-state index contributed by atoms with van der Waals surface area (Å²) in [5, 5.41) is 0. The van der Waals surface area contributed by atoms with E-state index in [1.807, 2.05) is 6.92 Å². The van der Waals surface area contributed by atoms with Gasteiger partial charge < -0.3 is 10.5 Å². The van der Waals surface area contributed by atoms with Gasteiger partial charge in [0.15, 0.2) is 0 Å². The van der Waals surface area contributed by atoms with Crippen LogP contribution >= 0.6 is 0 Å². The van der Waals surface area contributed by atoms with Crippen LogP contribution in [0.3, 0.4) is 0 Å². The second kappa shape index (κ2) is 4.93. The highest BCUT2D eigenvalue weighted by Gasteiger charge is 2.05. The molecule has 0 saturated heterocycles. The average Bonchev–Trinajstić information content (AvgIpc) is 2.29. The predicted octanol–water partition coefficient (Wildman–Crippen LogP) is 2.78. The Labute approximate surface area is 99.1 Å². The van der Waals surface area contributed by atoms with Gasteiger partial charge in [-0.1, -0.05) is 6.07 Å². The van der Waals surface area contributed by atoms with Gasteiger partial charge in [0, 0.05) is 36.1 Å². The lowest BCUT2D eigenvalue weighted by Gasteiger charge is -2.10. The number of nitrogens with two attached hydrogens (primary N) is 1. The van der Waals surface area contributed by atoms with Crippen molar-refractivity contribution in [3.05, 3.63) is 53.6 Å². The maximum atomic E-state index is 13.0. The van der Waals surface area contributed by atoms with Crippen molar-refractivity contribution in [2.45, 2.75) is 13.5 Å². The summed E-state index contributed by atoms with van der Waals surface area (Å²) in [6, 6.07) is 7.78. The number of nitrogens with zero attached hydrogens (tertiary/aromatic N) is 1. The molecule has 1 aromatic heterocycles. The highest BCUT2D eigenvalue weighted by molar-refractivity contribution is 5.37. The molecule has 0 aliphatic heterocycles. The van der Waals surface area contributed by atoms with Crippen LogP contribution in [0.25, 0.3) is 0 Å². The Balaban J connectivity index is 2.32. The van der Waals surface area contributed by atoms with Gasteiger partial charge in [-0.2, -0.15) is 0 Å². The summed E-state index contributed by atoms with van der Waals surface area (Å²) in [4.78, 5) is 4.14. The summed E-state index contributed by atoms with van der Waals surface area (Å²) in [7, 11) is 0. The molecule has 0 saturated carbocycles. The number of benzene rings is 1. The Morgan fingerprint density at radius 3 is 2.88 bits per heavy atom. The summed E-state index contributed by atoms with van der Waals surface area (Å²) >= 11 is 0. The van der Waals surface area contributed by atoms with Gasteiger partial charge in [-0.3, -0.25) is 4.98 Å². The molecule has 0 amide bonds. The van der Waals surface area contributed by atoms with Gasteiger partial charge in [0.2, 0.25) is 0 Å². The Morgan fingerprint density at radius 1 is 1.35 bits per heavy atom. The van der Waals surface area contributed by atoms with Crippen molar-refractivity contribution in [1.29, 1.82) is 0 Å². The van der Waals surface area contributed by atoms with Crippen LogP contribution in [0, 0.1) is 12.7 Å². The smallest absolute Gasteiger partial charge is 0.135 e. The molecule has 4 heteroatoms. The quantitative estimate of drug-likeness (QED) is 0.885. The van der Waals surface area contributed by atoms with Crippen LogP contribution in [-0.2, 0) is 6.54 Å². The molecule has 2 N–H and O–H groups in total. The molecule has 0 aliphatic rings. The molecule has 1 aromatic carbocycles. The highest BCUT2D eigenvalue weighted by Crippen LogP contribution is 2.25. The molecule has 0 aliphatic carbocycles. The Morgan fingerprint density at radius 2 is 2.18 bits per heavy atom. The largest absolute Gasteiger partial charge is 0.457 e. The number of halogens is 1. The van der Waals surface area contributed by atoms with E-state index in [1.54, 1.807) is 24.4 Å². The fourth-order valence-electron chi connectivity index (χ4n) is 1.47. The molecule has 0 unspecified atom stereocenters. The Bertz CT molecular complexity index is 529. The zero-order valence-electron chi connectivity index (χ0n) is 9.48. The second-order valence-electron chi connectivity index (χ2n) is 3.70. The van der Waals surface area contributed by atoms with Crippen LogP contribution in [0.1, 0.15) is 11.3 Å². The van der Waals surface area contributed by atoms with Gasteiger partial charge in [-0.05, 0) is 19.1 Å². The Kier molecular flexibility index (Phi) is 3.35. The van der Waals surface area contributed by atoms with E-state index >= 15 is 0 Å². The molecule has 17 heavy (non-hydrogen) atoms. The summed E-state index contributed by atoms with van der Waals surface area (Å²) in [5.74, 6) is 0.735. The van der Waals surface area contributed by atoms with Crippen LogP contribution in [-0.4, -0.2) is 4.98 Å². The lowest BCUT2D eigenvalue weighted by atomic mass is 10.2. The van der Waals surface area contributed by atoms with Gasteiger partial charge in [0.05, 0.1) is 0 Å². The topological polar surface area (TPSA) is 48.1 Å². The maximum Gasteiger partial charge on any atom is 0.135 e. The molecule has 2 aromatic rings. The van der Waals surface area contributed by atoms with Crippen LogP contribution in [0.4, 0.5) is 4.39 Å². The first kappa shape index (κ1) is 11.5. The molecule has 0 fully saturated rings. The minimum Gasteiger partial charge on any atom is -0.457 e. The van der Waals surface area contributed by atoms with Crippen molar-refractivity contribution in [1.82, 2.24) is 4.98 Å². The Hall–Kier alpha value is -1.94. The van der Waals surface area contributed by atoms with E-state index in [0.717, 1.165) is 11.3 Å². The molecule has 0 spiro atoms. The van der Waals surface area contributed by atoms with Crippen molar-refractivity contribution in [2.24, 2.45) is 5.73 Å². The first-order valence-corrected chi connectivity index (χ1v) is 5.28. The molecule has 1 heterocycles. The van der Waals surface area contributed by atoms with Gasteiger partial charge >= 0.3 is 0 Å². The standard InChI is InChI=1S/C13H13FN2O/c1-9-5-13(10(7-15)8-16-9)17-12-4-2-3-11(14)6-12/h2-6,8H,7,15H2,1H3. The number of aryl methyl sites for hydroxylation is 1. The molecule has 3 nitrogen and oxygen atoms in total. The van der Waals surface area contributed by atoms with E-state index in [2.05, 4.69) is 4.98 Å². The fraction of sp³-hybridized carbons (Fsp3) is 0.154. The number of hydrogen-bond acceptors (Lipinski definition) is 3. The summed E-state index contributed by atoms with van der Waals surface area (Å²) in [6.07, 6.45) is 1.67. The molecular formula is C13H13FN2O. The first-order valence-electron chi connectivity index (χ1n) is 5.28. The third-order valence-electron chi connectivity index (χ3n) is 2.32. The number of aromatic nitrogens is 1. The summed E-state index contributed by atoms with van der Waals surface area (Å²) < 4.78 is 18.6. The zero-order chi connectivity index (χ0) is 12.3. The number of pyridine rings is 1. The third kappa shape index (κ3) is 2.79. The lowest BCUT2D eigenvalue weighted by molar-refractivity contribution is 0.469. The van der Waals surface area contributed by atoms with Gasteiger partial charge in [-0.25, -0.2) is 4.39 Å². The van der Waals surface area contributed by atoms with Crippen molar-refractivity contribution in [2.75, 3.05) is 0 Å². The minimum absolute atomic E-state index is 0.331. The van der Waals surface area contributed by atoms with E-state index in [9.17, 15) is 4.39 Å². The van der Waals surface area contributed by atoms with Crippen molar-refractivity contribution in [3.8, 4) is 11.5 Å². The van der Waals surface area contributed by atoms with E-state index in [-0.39, 0.29) is 5.82 Å². The number of rotatable bonds is 3. The lowest BCUT2D eigenvalue weighted by Crippen LogP contribution is -2.01. The van der Waals surface area contributed by atoms with Gasteiger partial charge in [-0.15, -0.1) is 0 Å². The van der Waals surface area contributed by atoms with E-state index < -0.39 is 0 Å². The average molecular weight is 232 g/mol. The van der Waals surface area contributed by atoms with Crippen molar-refractivity contribution >= 4 is 0 Å². The zero-order valence-corrected chi connectivity index (χ0v) is 9.48. The molecule has 0 bridgehead atoms.